The molecule has 0 spiro atoms. The van der Waals surface area contributed by atoms with E-state index in [0.717, 1.165) is 31.2 Å². The van der Waals surface area contributed by atoms with E-state index < -0.39 is 0 Å². The molecule has 78 valence electrons. The molecule has 0 aromatic heterocycles. The summed E-state index contributed by atoms with van der Waals surface area (Å²) in [5.41, 5.74) is 3.58. The van der Waals surface area contributed by atoms with Gasteiger partial charge in [0, 0.05) is 20.1 Å². The Bertz CT molecular complexity index is 617. The van der Waals surface area contributed by atoms with Crippen LogP contribution in [0.4, 0.5) is 0 Å². The molecule has 1 aliphatic rings. The number of hydrogen-bond donors (Lipinski definition) is 0. The molecule has 0 radical (unpaired) electrons. The Balaban J connectivity index is 2.40. The zero-order valence-electron chi connectivity index (χ0n) is 8.13. The molecule has 0 saturated heterocycles. The van der Waals surface area contributed by atoms with Gasteiger partial charge < -0.3 is 0 Å². The molecule has 0 atom stereocenters. The molecule has 1 nitrogen and oxygen atoms in total. The highest BCUT2D eigenvalue weighted by Crippen LogP contribution is 2.40. The lowest BCUT2D eigenvalue weighted by Crippen LogP contribution is -1.95. The first-order valence-corrected chi connectivity index (χ1v) is 6.40. The summed E-state index contributed by atoms with van der Waals surface area (Å²) in [6.45, 7) is 0. The highest BCUT2D eigenvalue weighted by molar-refractivity contribution is 9.10. The monoisotopic (exact) mass is 336 g/mol. The molecule has 3 rings (SSSR count). The molecule has 1 aliphatic carbocycles. The van der Waals surface area contributed by atoms with Crippen LogP contribution in [0.1, 0.15) is 15.9 Å². The molecular formula is C13H6Br2O. The normalized spacial score (nSPS) is 12.5. The minimum atomic E-state index is 0.102. The number of hydrogen-bond acceptors (Lipinski definition) is 1. The summed E-state index contributed by atoms with van der Waals surface area (Å²) >= 11 is 6.86. The SMILES string of the molecule is O=C1c2ccc(Br)cc2-c2cccc(Br)c21. The van der Waals surface area contributed by atoms with Gasteiger partial charge in [0.15, 0.2) is 5.78 Å². The fraction of sp³-hybridized carbons (Fsp3) is 0. The molecule has 0 aliphatic heterocycles. The Morgan fingerprint density at radius 2 is 1.69 bits per heavy atom. The van der Waals surface area contributed by atoms with Crippen molar-refractivity contribution < 1.29 is 4.79 Å². The quantitative estimate of drug-likeness (QED) is 0.593. The number of halogens is 2. The van der Waals surface area contributed by atoms with Gasteiger partial charge in [0.05, 0.1) is 0 Å². The van der Waals surface area contributed by atoms with Gasteiger partial charge in [-0.2, -0.15) is 0 Å². The van der Waals surface area contributed by atoms with Crippen LogP contribution in [0.15, 0.2) is 45.3 Å². The summed E-state index contributed by atoms with van der Waals surface area (Å²) in [5.74, 6) is 0.102. The molecule has 2 aromatic rings. The van der Waals surface area contributed by atoms with Crippen molar-refractivity contribution >= 4 is 37.6 Å². The average Bonchev–Trinajstić information content (AvgIpc) is 2.54. The van der Waals surface area contributed by atoms with E-state index in [4.69, 9.17) is 0 Å². The van der Waals surface area contributed by atoms with Gasteiger partial charge in [0.1, 0.15) is 0 Å². The molecule has 0 heterocycles. The van der Waals surface area contributed by atoms with E-state index in [1.165, 1.54) is 0 Å². The van der Waals surface area contributed by atoms with Crippen LogP contribution in [-0.2, 0) is 0 Å². The van der Waals surface area contributed by atoms with Gasteiger partial charge in [-0.3, -0.25) is 4.79 Å². The lowest BCUT2D eigenvalue weighted by Gasteiger charge is -2.00. The number of fused-ring (bicyclic) bond motifs is 3. The third-order valence-corrected chi connectivity index (χ3v) is 3.91. The van der Waals surface area contributed by atoms with Crippen molar-refractivity contribution in [2.24, 2.45) is 0 Å². The third-order valence-electron chi connectivity index (χ3n) is 2.76. The lowest BCUT2D eigenvalue weighted by molar-refractivity contribution is 0.104. The van der Waals surface area contributed by atoms with E-state index in [9.17, 15) is 4.79 Å². The molecule has 0 N–H and O–H groups in total. The second-order valence-corrected chi connectivity index (χ2v) is 5.45. The van der Waals surface area contributed by atoms with Crippen molar-refractivity contribution in [1.29, 1.82) is 0 Å². The maximum Gasteiger partial charge on any atom is 0.195 e. The molecule has 0 amide bonds. The van der Waals surface area contributed by atoms with E-state index in [1.54, 1.807) is 0 Å². The average molecular weight is 338 g/mol. The largest absolute Gasteiger partial charge is 0.289 e. The van der Waals surface area contributed by atoms with Crippen molar-refractivity contribution in [2.45, 2.75) is 0 Å². The first-order chi connectivity index (χ1) is 7.68. The number of carbonyl (C=O) groups is 1. The van der Waals surface area contributed by atoms with Crippen LogP contribution in [0.25, 0.3) is 11.1 Å². The molecular weight excluding hydrogens is 332 g/mol. The van der Waals surface area contributed by atoms with Gasteiger partial charge in [-0.1, -0.05) is 44.0 Å². The summed E-state index contributed by atoms with van der Waals surface area (Å²) in [4.78, 5) is 12.2. The molecule has 0 fully saturated rings. The Hall–Kier alpha value is -0.930. The van der Waals surface area contributed by atoms with Crippen LogP contribution in [-0.4, -0.2) is 5.78 Å². The van der Waals surface area contributed by atoms with Crippen molar-refractivity contribution in [3.8, 4) is 11.1 Å². The summed E-state index contributed by atoms with van der Waals surface area (Å²) < 4.78 is 1.86. The van der Waals surface area contributed by atoms with Crippen molar-refractivity contribution in [2.75, 3.05) is 0 Å². The topological polar surface area (TPSA) is 17.1 Å². The predicted octanol–water partition coefficient (Wildman–Crippen LogP) is 4.42. The second kappa shape index (κ2) is 3.54. The number of rotatable bonds is 0. The zero-order valence-corrected chi connectivity index (χ0v) is 11.3. The van der Waals surface area contributed by atoms with E-state index in [1.807, 2.05) is 36.4 Å². The van der Waals surface area contributed by atoms with Crippen molar-refractivity contribution in [3.05, 3.63) is 56.5 Å². The molecule has 16 heavy (non-hydrogen) atoms. The summed E-state index contributed by atoms with van der Waals surface area (Å²) in [6.07, 6.45) is 0. The third kappa shape index (κ3) is 1.31. The van der Waals surface area contributed by atoms with Crippen LogP contribution >= 0.6 is 31.9 Å². The minimum Gasteiger partial charge on any atom is -0.289 e. The standard InChI is InChI=1S/C13H6Br2O/c14-7-4-5-9-10(6-7)8-2-1-3-11(15)12(8)13(9)16/h1-6H. The summed E-state index contributed by atoms with van der Waals surface area (Å²) in [5, 5.41) is 0. The second-order valence-electron chi connectivity index (χ2n) is 3.68. The van der Waals surface area contributed by atoms with Gasteiger partial charge in [-0.25, -0.2) is 0 Å². The number of benzene rings is 2. The molecule has 3 heteroatoms. The summed E-state index contributed by atoms with van der Waals surface area (Å²) in [6, 6.07) is 11.6. The smallest absolute Gasteiger partial charge is 0.195 e. The van der Waals surface area contributed by atoms with Gasteiger partial charge >= 0.3 is 0 Å². The highest BCUT2D eigenvalue weighted by Gasteiger charge is 2.28. The predicted molar refractivity (Wildman–Crippen MR) is 70.7 cm³/mol. The lowest BCUT2D eigenvalue weighted by atomic mass is 10.1. The molecule has 0 bridgehead atoms. The first-order valence-electron chi connectivity index (χ1n) is 4.81. The maximum absolute atomic E-state index is 12.2. The van der Waals surface area contributed by atoms with Gasteiger partial charge in [0.25, 0.3) is 0 Å². The Morgan fingerprint density at radius 3 is 2.50 bits per heavy atom. The van der Waals surface area contributed by atoms with Crippen molar-refractivity contribution in [1.82, 2.24) is 0 Å². The van der Waals surface area contributed by atoms with E-state index in [-0.39, 0.29) is 5.78 Å². The van der Waals surface area contributed by atoms with Crippen LogP contribution in [0.3, 0.4) is 0 Å². The highest BCUT2D eigenvalue weighted by atomic mass is 79.9. The molecule has 2 aromatic carbocycles. The fourth-order valence-corrected chi connectivity index (χ4v) is 2.96. The van der Waals surface area contributed by atoms with Crippen LogP contribution in [0.5, 0.6) is 0 Å². The summed E-state index contributed by atoms with van der Waals surface area (Å²) in [7, 11) is 0. The number of ketones is 1. The van der Waals surface area contributed by atoms with E-state index in [2.05, 4.69) is 31.9 Å². The fourth-order valence-electron chi connectivity index (χ4n) is 2.05. The number of carbonyl (C=O) groups excluding carboxylic acids is 1. The zero-order chi connectivity index (χ0) is 11.3. The van der Waals surface area contributed by atoms with E-state index in [0.29, 0.717) is 0 Å². The van der Waals surface area contributed by atoms with Crippen LogP contribution < -0.4 is 0 Å². The maximum atomic E-state index is 12.2. The Kier molecular flexibility index (Phi) is 2.26. The Labute approximate surface area is 110 Å². The van der Waals surface area contributed by atoms with Crippen LogP contribution in [0.2, 0.25) is 0 Å². The molecule has 0 unspecified atom stereocenters. The van der Waals surface area contributed by atoms with Crippen LogP contribution in [0, 0.1) is 0 Å². The van der Waals surface area contributed by atoms with Gasteiger partial charge in [-0.05, 0) is 35.4 Å². The van der Waals surface area contributed by atoms with Gasteiger partial charge in [0.2, 0.25) is 0 Å². The molecule has 0 saturated carbocycles. The van der Waals surface area contributed by atoms with E-state index >= 15 is 0 Å². The van der Waals surface area contributed by atoms with Crippen molar-refractivity contribution in [3.63, 3.8) is 0 Å². The Morgan fingerprint density at radius 1 is 0.875 bits per heavy atom. The van der Waals surface area contributed by atoms with Gasteiger partial charge in [-0.15, -0.1) is 0 Å². The first kappa shape index (κ1) is 10.2. The minimum absolute atomic E-state index is 0.102.